The molecule has 1 atom stereocenters. The lowest BCUT2D eigenvalue weighted by atomic mass is 10.1. The average Bonchev–Trinajstić information content (AvgIpc) is 2.10. The molecule has 14 heavy (non-hydrogen) atoms. The van der Waals surface area contributed by atoms with Crippen molar-refractivity contribution in [2.75, 3.05) is 6.67 Å². The van der Waals surface area contributed by atoms with E-state index in [2.05, 4.69) is 15.9 Å². The number of phenols is 1. The number of halogens is 4. The summed E-state index contributed by atoms with van der Waals surface area (Å²) >= 11 is 8.83. The summed E-state index contributed by atoms with van der Waals surface area (Å²) in [6.07, 6.45) is 0. The zero-order valence-corrected chi connectivity index (χ0v) is 10.2. The third kappa shape index (κ3) is 2.98. The Morgan fingerprint density at radius 2 is 2.14 bits per heavy atom. The fourth-order valence-electron chi connectivity index (χ4n) is 0.952. The highest BCUT2D eigenvalue weighted by atomic mass is 79.9. The molecule has 0 saturated heterocycles. The maximum atomic E-state index is 12.2. The molecule has 0 bridgehead atoms. The fraction of sp³-hybridized carbons (Fsp3) is 0.250. The van der Waals surface area contributed by atoms with Gasteiger partial charge in [-0.25, -0.2) is 4.39 Å². The maximum absolute atomic E-state index is 12.2. The molecule has 0 aliphatic heterocycles. The van der Waals surface area contributed by atoms with Crippen LogP contribution < -0.4 is 5.73 Å². The van der Waals surface area contributed by atoms with Gasteiger partial charge in [-0.1, -0.05) is 27.5 Å². The average molecular weight is 305 g/mol. The molecular weight excluding hydrogens is 296 g/mol. The number of rotatable bonds is 2. The van der Waals surface area contributed by atoms with Crippen LogP contribution in [-0.2, 0) is 0 Å². The zero-order chi connectivity index (χ0) is 10.0. The molecule has 2 nitrogen and oxygen atoms in total. The normalized spacial score (nSPS) is 12.0. The first-order valence-electron chi connectivity index (χ1n) is 3.55. The van der Waals surface area contributed by atoms with Crippen molar-refractivity contribution in [2.45, 2.75) is 6.04 Å². The Morgan fingerprint density at radius 3 is 2.64 bits per heavy atom. The van der Waals surface area contributed by atoms with Crippen LogP contribution in [0.4, 0.5) is 4.39 Å². The molecule has 80 valence electrons. The van der Waals surface area contributed by atoms with Gasteiger partial charge in [0.2, 0.25) is 0 Å². The number of aromatic hydroxyl groups is 1. The SMILES string of the molecule is Cl.N[C@H](CF)c1cc(Br)cc(Cl)c1O. The number of hydrogen-bond acceptors (Lipinski definition) is 2. The van der Waals surface area contributed by atoms with Gasteiger partial charge >= 0.3 is 0 Å². The van der Waals surface area contributed by atoms with Crippen LogP contribution in [0, 0.1) is 0 Å². The van der Waals surface area contributed by atoms with E-state index in [9.17, 15) is 9.50 Å². The van der Waals surface area contributed by atoms with E-state index < -0.39 is 12.7 Å². The summed E-state index contributed by atoms with van der Waals surface area (Å²) in [4.78, 5) is 0. The van der Waals surface area contributed by atoms with Gasteiger partial charge in [0, 0.05) is 10.0 Å². The lowest BCUT2D eigenvalue weighted by molar-refractivity contribution is 0.414. The standard InChI is InChI=1S/C8H8BrClFNO.ClH/c9-4-1-5(7(12)3-11)8(13)6(10)2-4;/h1-2,7,13H,3,12H2;1H/t7-;/m1./s1. The summed E-state index contributed by atoms with van der Waals surface area (Å²) in [5.74, 6) is -0.157. The van der Waals surface area contributed by atoms with Crippen molar-refractivity contribution in [1.82, 2.24) is 0 Å². The van der Waals surface area contributed by atoms with Gasteiger partial charge < -0.3 is 10.8 Å². The van der Waals surface area contributed by atoms with E-state index in [1.807, 2.05) is 0 Å². The van der Waals surface area contributed by atoms with Crippen molar-refractivity contribution < 1.29 is 9.50 Å². The van der Waals surface area contributed by atoms with Gasteiger partial charge in [-0.3, -0.25) is 0 Å². The number of hydrogen-bond donors (Lipinski definition) is 2. The van der Waals surface area contributed by atoms with Crippen molar-refractivity contribution in [3.63, 3.8) is 0 Å². The molecule has 1 aromatic rings. The van der Waals surface area contributed by atoms with Gasteiger partial charge in [-0.2, -0.15) is 0 Å². The quantitative estimate of drug-likeness (QED) is 0.881. The molecular formula is C8H9BrCl2FNO. The Hall–Kier alpha value is -0.0300. The number of alkyl halides is 1. The molecule has 0 aliphatic rings. The van der Waals surface area contributed by atoms with Crippen LogP contribution in [-0.4, -0.2) is 11.8 Å². The Labute approximate surface area is 101 Å². The molecule has 1 aromatic carbocycles. The minimum absolute atomic E-state index is 0. The van der Waals surface area contributed by atoms with Crippen molar-refractivity contribution in [1.29, 1.82) is 0 Å². The highest BCUT2D eigenvalue weighted by Crippen LogP contribution is 2.34. The zero-order valence-electron chi connectivity index (χ0n) is 7.01. The summed E-state index contributed by atoms with van der Waals surface area (Å²) in [5.41, 5.74) is 5.73. The molecule has 0 saturated carbocycles. The first kappa shape index (κ1) is 14.0. The summed E-state index contributed by atoms with van der Waals surface area (Å²) in [6.45, 7) is -0.736. The van der Waals surface area contributed by atoms with E-state index in [1.54, 1.807) is 6.07 Å². The van der Waals surface area contributed by atoms with Crippen LogP contribution in [0.15, 0.2) is 16.6 Å². The number of phenolic OH excluding ortho intramolecular Hbond substituents is 1. The van der Waals surface area contributed by atoms with E-state index in [1.165, 1.54) is 6.07 Å². The van der Waals surface area contributed by atoms with Gasteiger partial charge in [-0.15, -0.1) is 12.4 Å². The van der Waals surface area contributed by atoms with E-state index >= 15 is 0 Å². The smallest absolute Gasteiger partial charge is 0.139 e. The van der Waals surface area contributed by atoms with Crippen molar-refractivity contribution in [2.24, 2.45) is 5.73 Å². The van der Waals surface area contributed by atoms with Crippen LogP contribution >= 0.6 is 39.9 Å². The molecule has 0 amide bonds. The molecule has 0 fully saturated rings. The minimum atomic E-state index is -0.838. The second-order valence-corrected chi connectivity index (χ2v) is 3.91. The fourth-order valence-corrected chi connectivity index (χ4v) is 1.79. The van der Waals surface area contributed by atoms with Crippen molar-refractivity contribution in [3.05, 3.63) is 27.2 Å². The topological polar surface area (TPSA) is 46.2 Å². The second-order valence-electron chi connectivity index (χ2n) is 2.59. The Kier molecular flexibility index (Phi) is 5.74. The predicted octanol–water partition coefficient (Wildman–Crippen LogP) is 3.20. The summed E-state index contributed by atoms with van der Waals surface area (Å²) < 4.78 is 12.9. The first-order valence-corrected chi connectivity index (χ1v) is 4.72. The molecule has 0 unspecified atom stereocenters. The Bertz CT molecular complexity index is 324. The van der Waals surface area contributed by atoms with Gasteiger partial charge in [0.1, 0.15) is 12.4 Å². The molecule has 0 heterocycles. The van der Waals surface area contributed by atoms with Gasteiger partial charge in [0.25, 0.3) is 0 Å². The van der Waals surface area contributed by atoms with E-state index in [0.717, 1.165) is 0 Å². The summed E-state index contributed by atoms with van der Waals surface area (Å²) in [7, 11) is 0. The third-order valence-electron chi connectivity index (χ3n) is 1.62. The lowest BCUT2D eigenvalue weighted by Gasteiger charge is -2.11. The highest BCUT2D eigenvalue weighted by Gasteiger charge is 2.14. The van der Waals surface area contributed by atoms with E-state index in [-0.39, 0.29) is 23.2 Å². The molecule has 6 heteroatoms. The van der Waals surface area contributed by atoms with Crippen molar-refractivity contribution >= 4 is 39.9 Å². The van der Waals surface area contributed by atoms with Crippen molar-refractivity contribution in [3.8, 4) is 5.75 Å². The molecule has 0 aliphatic carbocycles. The van der Waals surface area contributed by atoms with Crippen LogP contribution in [0.3, 0.4) is 0 Å². The molecule has 0 spiro atoms. The first-order chi connectivity index (χ1) is 6.06. The van der Waals surface area contributed by atoms with E-state index in [0.29, 0.717) is 10.0 Å². The van der Waals surface area contributed by atoms with Crippen LogP contribution in [0.5, 0.6) is 5.75 Å². The van der Waals surface area contributed by atoms with Gasteiger partial charge in [0.15, 0.2) is 0 Å². The molecule has 0 aromatic heterocycles. The van der Waals surface area contributed by atoms with Crippen LogP contribution in [0.25, 0.3) is 0 Å². The summed E-state index contributed by atoms with van der Waals surface area (Å²) in [6, 6.07) is 2.23. The monoisotopic (exact) mass is 303 g/mol. The summed E-state index contributed by atoms with van der Waals surface area (Å²) in [5, 5.41) is 9.58. The minimum Gasteiger partial charge on any atom is -0.506 e. The maximum Gasteiger partial charge on any atom is 0.139 e. The highest BCUT2D eigenvalue weighted by molar-refractivity contribution is 9.10. The molecule has 1 rings (SSSR count). The molecule has 3 N–H and O–H groups in total. The van der Waals surface area contributed by atoms with Gasteiger partial charge in [-0.05, 0) is 12.1 Å². The molecule has 0 radical (unpaired) electrons. The second kappa shape index (κ2) is 5.75. The van der Waals surface area contributed by atoms with Gasteiger partial charge in [0.05, 0.1) is 11.1 Å². The van der Waals surface area contributed by atoms with Crippen LogP contribution in [0.1, 0.15) is 11.6 Å². The number of nitrogens with two attached hydrogens (primary N) is 1. The Balaban J connectivity index is 0.00000169. The predicted molar refractivity (Wildman–Crippen MR) is 61.0 cm³/mol. The lowest BCUT2D eigenvalue weighted by Crippen LogP contribution is -2.12. The number of benzene rings is 1. The Morgan fingerprint density at radius 1 is 1.57 bits per heavy atom. The third-order valence-corrected chi connectivity index (χ3v) is 2.37. The largest absolute Gasteiger partial charge is 0.506 e. The van der Waals surface area contributed by atoms with E-state index in [4.69, 9.17) is 17.3 Å². The van der Waals surface area contributed by atoms with Crippen LogP contribution in [0.2, 0.25) is 5.02 Å².